The predicted molar refractivity (Wildman–Crippen MR) is 82.2 cm³/mol. The van der Waals surface area contributed by atoms with Crippen molar-refractivity contribution in [1.82, 2.24) is 19.9 Å². The molecular formula is C13H16BrN5O2. The monoisotopic (exact) mass is 353 g/mol. The van der Waals surface area contributed by atoms with E-state index < -0.39 is 0 Å². The fourth-order valence-corrected chi connectivity index (χ4v) is 2.13. The topological polar surface area (TPSA) is 82.1 Å². The Morgan fingerprint density at radius 1 is 1.24 bits per heavy atom. The van der Waals surface area contributed by atoms with Crippen LogP contribution >= 0.6 is 15.9 Å². The van der Waals surface area contributed by atoms with E-state index in [4.69, 9.17) is 9.47 Å². The number of anilines is 1. The van der Waals surface area contributed by atoms with E-state index in [1.54, 1.807) is 20.3 Å². The lowest BCUT2D eigenvalue weighted by atomic mass is 10.3. The van der Waals surface area contributed by atoms with Gasteiger partial charge in [-0.3, -0.25) is 0 Å². The number of halogens is 1. The highest BCUT2D eigenvalue weighted by Crippen LogP contribution is 2.27. The molecular weight excluding hydrogens is 338 g/mol. The van der Waals surface area contributed by atoms with Gasteiger partial charge in [-0.2, -0.15) is 0 Å². The van der Waals surface area contributed by atoms with Gasteiger partial charge in [-0.1, -0.05) is 0 Å². The van der Waals surface area contributed by atoms with Crippen LogP contribution in [0.25, 0.3) is 11.5 Å². The molecule has 8 heteroatoms. The van der Waals surface area contributed by atoms with E-state index in [2.05, 4.69) is 41.2 Å². The van der Waals surface area contributed by atoms with Crippen molar-refractivity contribution in [2.45, 2.75) is 13.5 Å². The first kappa shape index (κ1) is 15.6. The van der Waals surface area contributed by atoms with Crippen LogP contribution in [0.5, 0.6) is 5.88 Å². The fraction of sp³-hybridized carbons (Fsp3) is 0.385. The van der Waals surface area contributed by atoms with Gasteiger partial charge in [0.05, 0.1) is 23.9 Å². The standard InChI is InChI=1S/C13H16BrN5O2/c1-4-15-13-11(14)9(6-20-2)18-12(19-13)8-5-10(21-3)17-7-16-8/h5,7H,4,6H2,1-3H3,(H,15,18,19). The molecule has 7 nitrogen and oxygen atoms in total. The molecule has 0 radical (unpaired) electrons. The number of aromatic nitrogens is 4. The van der Waals surface area contributed by atoms with Crippen LogP contribution in [0.4, 0.5) is 5.82 Å². The largest absolute Gasteiger partial charge is 0.481 e. The molecule has 2 aromatic rings. The lowest BCUT2D eigenvalue weighted by molar-refractivity contribution is 0.181. The van der Waals surface area contributed by atoms with Crippen LogP contribution in [0.2, 0.25) is 0 Å². The molecule has 0 saturated carbocycles. The number of nitrogens with zero attached hydrogens (tertiary/aromatic N) is 4. The minimum absolute atomic E-state index is 0.372. The molecule has 21 heavy (non-hydrogen) atoms. The Balaban J connectivity index is 2.51. The van der Waals surface area contributed by atoms with Crippen LogP contribution < -0.4 is 10.1 Å². The van der Waals surface area contributed by atoms with Gasteiger partial charge in [0.15, 0.2) is 5.82 Å². The number of methoxy groups -OCH3 is 2. The second-order valence-corrected chi connectivity index (χ2v) is 4.86. The molecule has 0 aliphatic heterocycles. The molecule has 0 aliphatic rings. The maximum absolute atomic E-state index is 5.17. The van der Waals surface area contributed by atoms with Crippen molar-refractivity contribution >= 4 is 21.7 Å². The van der Waals surface area contributed by atoms with Crippen LogP contribution in [0, 0.1) is 0 Å². The molecule has 0 bridgehead atoms. The van der Waals surface area contributed by atoms with Crippen molar-refractivity contribution in [3.05, 3.63) is 22.6 Å². The molecule has 2 aromatic heterocycles. The zero-order chi connectivity index (χ0) is 15.2. The van der Waals surface area contributed by atoms with E-state index in [-0.39, 0.29) is 0 Å². The summed E-state index contributed by atoms with van der Waals surface area (Å²) in [5, 5.41) is 3.19. The van der Waals surface area contributed by atoms with Gasteiger partial charge in [0.1, 0.15) is 17.8 Å². The lowest BCUT2D eigenvalue weighted by Crippen LogP contribution is -2.07. The van der Waals surface area contributed by atoms with E-state index in [1.807, 2.05) is 6.92 Å². The normalized spacial score (nSPS) is 10.5. The quantitative estimate of drug-likeness (QED) is 0.852. The number of hydrogen-bond acceptors (Lipinski definition) is 7. The number of nitrogens with one attached hydrogen (secondary N) is 1. The molecule has 2 rings (SSSR count). The summed E-state index contributed by atoms with van der Waals surface area (Å²) in [6.07, 6.45) is 1.42. The number of ether oxygens (including phenoxy) is 2. The van der Waals surface area contributed by atoms with Crippen LogP contribution in [0.1, 0.15) is 12.6 Å². The first-order chi connectivity index (χ1) is 10.2. The molecule has 0 saturated heterocycles. The van der Waals surface area contributed by atoms with Gasteiger partial charge in [0.2, 0.25) is 5.88 Å². The van der Waals surface area contributed by atoms with E-state index in [1.165, 1.54) is 6.33 Å². The summed E-state index contributed by atoms with van der Waals surface area (Å²) in [6, 6.07) is 1.69. The summed E-state index contributed by atoms with van der Waals surface area (Å²) in [6.45, 7) is 3.11. The first-order valence-electron chi connectivity index (χ1n) is 6.35. The third-order valence-electron chi connectivity index (χ3n) is 2.63. The van der Waals surface area contributed by atoms with Crippen molar-refractivity contribution in [2.75, 3.05) is 26.1 Å². The van der Waals surface area contributed by atoms with Crippen LogP contribution in [-0.2, 0) is 11.3 Å². The van der Waals surface area contributed by atoms with Gasteiger partial charge in [-0.25, -0.2) is 19.9 Å². The highest BCUT2D eigenvalue weighted by atomic mass is 79.9. The smallest absolute Gasteiger partial charge is 0.216 e. The van der Waals surface area contributed by atoms with E-state index in [0.717, 1.165) is 16.7 Å². The summed E-state index contributed by atoms with van der Waals surface area (Å²) in [5.41, 5.74) is 1.34. The Kier molecular flexibility index (Phi) is 5.40. The maximum Gasteiger partial charge on any atom is 0.216 e. The Morgan fingerprint density at radius 2 is 2.05 bits per heavy atom. The Labute approximate surface area is 131 Å². The van der Waals surface area contributed by atoms with Gasteiger partial charge >= 0.3 is 0 Å². The van der Waals surface area contributed by atoms with Gasteiger partial charge in [-0.05, 0) is 22.9 Å². The molecule has 0 amide bonds. The summed E-state index contributed by atoms with van der Waals surface area (Å²) < 4.78 is 11.1. The molecule has 0 aromatic carbocycles. The van der Waals surface area contributed by atoms with Gasteiger partial charge in [0.25, 0.3) is 0 Å². The second kappa shape index (κ2) is 7.28. The maximum atomic E-state index is 5.17. The number of rotatable bonds is 6. The van der Waals surface area contributed by atoms with E-state index in [0.29, 0.717) is 29.8 Å². The molecule has 0 atom stereocenters. The van der Waals surface area contributed by atoms with Crippen LogP contribution in [0.3, 0.4) is 0 Å². The fourth-order valence-electron chi connectivity index (χ4n) is 1.70. The third kappa shape index (κ3) is 3.64. The van der Waals surface area contributed by atoms with E-state index >= 15 is 0 Å². The average Bonchev–Trinajstić information content (AvgIpc) is 2.51. The highest BCUT2D eigenvalue weighted by Gasteiger charge is 2.14. The van der Waals surface area contributed by atoms with Crippen molar-refractivity contribution < 1.29 is 9.47 Å². The summed E-state index contributed by atoms with van der Waals surface area (Å²) >= 11 is 3.49. The van der Waals surface area contributed by atoms with Crippen molar-refractivity contribution in [2.24, 2.45) is 0 Å². The lowest BCUT2D eigenvalue weighted by Gasteiger charge is -2.11. The molecule has 0 aliphatic carbocycles. The van der Waals surface area contributed by atoms with Crippen molar-refractivity contribution in [3.8, 4) is 17.4 Å². The second-order valence-electron chi connectivity index (χ2n) is 4.07. The molecule has 2 heterocycles. The summed E-state index contributed by atoms with van der Waals surface area (Å²) in [4.78, 5) is 17.1. The Hall–Kier alpha value is -1.80. The van der Waals surface area contributed by atoms with Crippen molar-refractivity contribution in [1.29, 1.82) is 0 Å². The molecule has 0 spiro atoms. The zero-order valence-corrected chi connectivity index (χ0v) is 13.6. The molecule has 112 valence electrons. The Morgan fingerprint density at radius 3 is 2.71 bits per heavy atom. The van der Waals surface area contributed by atoms with Gasteiger partial charge < -0.3 is 14.8 Å². The van der Waals surface area contributed by atoms with Crippen LogP contribution in [-0.4, -0.2) is 40.7 Å². The minimum Gasteiger partial charge on any atom is -0.481 e. The summed E-state index contributed by atoms with van der Waals surface area (Å²) in [5.74, 6) is 1.65. The number of hydrogen-bond donors (Lipinski definition) is 1. The van der Waals surface area contributed by atoms with Gasteiger partial charge in [-0.15, -0.1) is 0 Å². The third-order valence-corrected chi connectivity index (χ3v) is 3.46. The first-order valence-corrected chi connectivity index (χ1v) is 7.14. The zero-order valence-electron chi connectivity index (χ0n) is 12.1. The molecule has 1 N–H and O–H groups in total. The minimum atomic E-state index is 0.372. The summed E-state index contributed by atoms with van der Waals surface area (Å²) in [7, 11) is 3.17. The predicted octanol–water partition coefficient (Wildman–Crippen LogP) is 2.28. The molecule has 0 fully saturated rings. The van der Waals surface area contributed by atoms with Gasteiger partial charge in [0, 0.05) is 19.7 Å². The molecule has 0 unspecified atom stereocenters. The average molecular weight is 354 g/mol. The van der Waals surface area contributed by atoms with E-state index in [9.17, 15) is 0 Å². The highest BCUT2D eigenvalue weighted by molar-refractivity contribution is 9.10. The SMILES string of the molecule is CCNc1nc(-c2cc(OC)ncn2)nc(COC)c1Br. The van der Waals surface area contributed by atoms with Crippen LogP contribution in [0.15, 0.2) is 16.9 Å². The Bertz CT molecular complexity index is 596. The van der Waals surface area contributed by atoms with Crippen molar-refractivity contribution in [3.63, 3.8) is 0 Å².